The van der Waals surface area contributed by atoms with Crippen molar-refractivity contribution < 1.29 is 29.3 Å². The lowest BCUT2D eigenvalue weighted by Crippen LogP contribution is -2.70. The van der Waals surface area contributed by atoms with Crippen molar-refractivity contribution in [3.63, 3.8) is 0 Å². The average molecular weight is 539 g/mol. The Morgan fingerprint density at radius 3 is 2.43 bits per heavy atom. The third kappa shape index (κ3) is 4.82. The summed E-state index contributed by atoms with van der Waals surface area (Å²) in [5.41, 5.74) is -1.31. The number of benzene rings is 1. The minimum atomic E-state index is -1.29. The fourth-order valence-electron chi connectivity index (χ4n) is 3.44. The zero-order valence-corrected chi connectivity index (χ0v) is 20.0. The van der Waals surface area contributed by atoms with Gasteiger partial charge in [0.15, 0.2) is 4.34 Å². The summed E-state index contributed by atoms with van der Waals surface area (Å²) in [5.74, 6) is -2.30. The van der Waals surface area contributed by atoms with Crippen molar-refractivity contribution in [1.82, 2.24) is 20.4 Å². The van der Waals surface area contributed by atoms with Gasteiger partial charge < -0.3 is 10.4 Å². The monoisotopic (exact) mass is 538 g/mol. The summed E-state index contributed by atoms with van der Waals surface area (Å²) < 4.78 is 0.665. The summed E-state index contributed by atoms with van der Waals surface area (Å²) in [4.78, 5) is 58.9. The summed E-state index contributed by atoms with van der Waals surface area (Å²) in [6.45, 7) is 1.80. The van der Waals surface area contributed by atoms with Crippen molar-refractivity contribution in [2.75, 3.05) is 11.5 Å². The standard InChI is InChI=1S/C18H14N6O8S3/c1-7-20-21-18(35-7)34-6-9-5-33-16-12(15(26)22(16)13(9)17(27)28)19-14(25)8-2-10(23(29)30)4-11(3-8)24(31)32/h2-4,12,16H,5-6H2,1H3,(H,19,25)(H,27,28)/t12-,16-/m0/s1. The number of aryl methyl sites for hydroxylation is 1. The van der Waals surface area contributed by atoms with Crippen LogP contribution in [-0.2, 0) is 9.59 Å². The Kier molecular flexibility index (Phi) is 6.73. The highest BCUT2D eigenvalue weighted by molar-refractivity contribution is 8.01. The van der Waals surface area contributed by atoms with E-state index in [-0.39, 0.29) is 22.8 Å². The van der Waals surface area contributed by atoms with Crippen molar-refractivity contribution in [2.45, 2.75) is 22.7 Å². The molecule has 1 aromatic heterocycles. The molecule has 0 bridgehead atoms. The summed E-state index contributed by atoms with van der Waals surface area (Å²) in [7, 11) is 0. The average Bonchev–Trinajstić information content (AvgIpc) is 3.24. The van der Waals surface area contributed by atoms with Gasteiger partial charge in [-0.05, 0) is 12.5 Å². The van der Waals surface area contributed by atoms with Crippen LogP contribution in [-0.4, -0.2) is 70.8 Å². The van der Waals surface area contributed by atoms with Crippen LogP contribution < -0.4 is 5.32 Å². The minimum Gasteiger partial charge on any atom is -0.477 e. The number of aliphatic carboxylic acids is 1. The molecule has 2 aliphatic heterocycles. The van der Waals surface area contributed by atoms with Crippen LogP contribution in [0.15, 0.2) is 33.8 Å². The van der Waals surface area contributed by atoms with E-state index in [9.17, 15) is 39.7 Å². The second kappa shape index (κ2) is 9.59. The van der Waals surface area contributed by atoms with Gasteiger partial charge in [-0.25, -0.2) is 4.79 Å². The Labute approximate surface area is 208 Å². The van der Waals surface area contributed by atoms with Crippen molar-refractivity contribution in [3.05, 3.63) is 60.3 Å². The quantitative estimate of drug-likeness (QED) is 0.214. The molecule has 1 fully saturated rings. The first kappa shape index (κ1) is 24.6. The topological polar surface area (TPSA) is 199 Å². The Morgan fingerprint density at radius 1 is 1.23 bits per heavy atom. The van der Waals surface area contributed by atoms with Crippen LogP contribution >= 0.6 is 34.9 Å². The van der Waals surface area contributed by atoms with E-state index in [1.54, 1.807) is 6.92 Å². The van der Waals surface area contributed by atoms with Gasteiger partial charge in [-0.1, -0.05) is 23.1 Å². The molecule has 0 radical (unpaired) electrons. The van der Waals surface area contributed by atoms with Crippen LogP contribution in [0, 0.1) is 27.2 Å². The predicted molar refractivity (Wildman–Crippen MR) is 124 cm³/mol. The number of hydrogen-bond acceptors (Lipinski definition) is 12. The van der Waals surface area contributed by atoms with Gasteiger partial charge in [-0.2, -0.15) is 0 Å². The third-order valence-corrected chi connectivity index (χ3v) is 8.40. The lowest BCUT2D eigenvalue weighted by molar-refractivity contribution is -0.394. The first-order chi connectivity index (χ1) is 16.6. The number of carboxylic acid groups (broad SMARTS) is 1. The van der Waals surface area contributed by atoms with Crippen LogP contribution in [0.5, 0.6) is 0 Å². The molecule has 0 spiro atoms. The zero-order valence-electron chi connectivity index (χ0n) is 17.6. The molecule has 2 aliphatic rings. The summed E-state index contributed by atoms with van der Waals surface area (Å²) >= 11 is 3.92. The maximum atomic E-state index is 12.8. The number of carboxylic acids is 1. The molecule has 17 heteroatoms. The number of thioether (sulfide) groups is 2. The highest BCUT2D eigenvalue weighted by Gasteiger charge is 2.54. The van der Waals surface area contributed by atoms with Gasteiger partial charge >= 0.3 is 5.97 Å². The first-order valence-electron chi connectivity index (χ1n) is 9.64. The number of nitrogens with zero attached hydrogens (tertiary/aromatic N) is 5. The predicted octanol–water partition coefficient (Wildman–Crippen LogP) is 1.81. The van der Waals surface area contributed by atoms with Gasteiger partial charge in [0.05, 0.1) is 21.5 Å². The largest absolute Gasteiger partial charge is 0.477 e. The molecule has 4 rings (SSSR count). The van der Waals surface area contributed by atoms with E-state index < -0.39 is 50.4 Å². The third-order valence-electron chi connectivity index (χ3n) is 5.00. The molecular weight excluding hydrogens is 524 g/mol. The van der Waals surface area contributed by atoms with Gasteiger partial charge in [-0.15, -0.1) is 22.0 Å². The molecule has 1 saturated heterocycles. The number of aromatic nitrogens is 2. The molecule has 35 heavy (non-hydrogen) atoms. The van der Waals surface area contributed by atoms with E-state index in [0.717, 1.165) is 28.1 Å². The molecule has 0 aliphatic carbocycles. The summed E-state index contributed by atoms with van der Waals surface area (Å²) in [5, 5.41) is 42.3. The Hall–Kier alpha value is -3.57. The zero-order chi connectivity index (χ0) is 25.4. The van der Waals surface area contributed by atoms with Crippen LogP contribution in [0.2, 0.25) is 0 Å². The maximum absolute atomic E-state index is 12.8. The molecular formula is C18H14N6O8S3. The molecule has 3 heterocycles. The Morgan fingerprint density at radius 2 is 1.89 bits per heavy atom. The number of rotatable bonds is 8. The summed E-state index contributed by atoms with van der Waals surface area (Å²) in [6.07, 6.45) is 0. The molecule has 2 amide bonds. The van der Waals surface area contributed by atoms with E-state index in [0.29, 0.717) is 9.91 Å². The van der Waals surface area contributed by atoms with Crippen molar-refractivity contribution in [2.24, 2.45) is 0 Å². The second-order valence-electron chi connectivity index (χ2n) is 7.25. The number of β-lactam (4-membered cyclic amide) rings is 1. The van der Waals surface area contributed by atoms with Gasteiger partial charge in [0.2, 0.25) is 0 Å². The fraction of sp³-hybridized carbons (Fsp3) is 0.278. The molecule has 2 aromatic rings. The highest BCUT2D eigenvalue weighted by atomic mass is 32.2. The van der Waals surface area contributed by atoms with Crippen LogP contribution in [0.4, 0.5) is 11.4 Å². The molecule has 0 unspecified atom stereocenters. The molecule has 2 atom stereocenters. The Balaban J connectivity index is 1.51. The number of nitro groups is 2. The first-order valence-corrected chi connectivity index (χ1v) is 12.5. The molecule has 2 N–H and O–H groups in total. The second-order valence-corrected chi connectivity index (χ2v) is 10.8. The van der Waals surface area contributed by atoms with Crippen molar-refractivity contribution in [3.8, 4) is 0 Å². The maximum Gasteiger partial charge on any atom is 0.352 e. The highest BCUT2D eigenvalue weighted by Crippen LogP contribution is 2.42. The molecule has 0 saturated carbocycles. The number of nitrogens with one attached hydrogen (secondary N) is 1. The van der Waals surface area contributed by atoms with Crippen LogP contribution in [0.25, 0.3) is 0 Å². The van der Waals surface area contributed by atoms with Gasteiger partial charge in [0.25, 0.3) is 23.2 Å². The van der Waals surface area contributed by atoms with Crippen molar-refractivity contribution in [1.29, 1.82) is 0 Å². The fourth-order valence-corrected chi connectivity index (χ4v) is 6.74. The lowest BCUT2D eigenvalue weighted by atomic mass is 10.0. The van der Waals surface area contributed by atoms with E-state index in [4.69, 9.17) is 0 Å². The number of hydrogen-bond donors (Lipinski definition) is 2. The number of amides is 2. The van der Waals surface area contributed by atoms with E-state index in [1.165, 1.54) is 34.9 Å². The van der Waals surface area contributed by atoms with Gasteiger partial charge in [-0.3, -0.25) is 34.7 Å². The normalized spacial score (nSPS) is 19.1. The van der Waals surface area contributed by atoms with Gasteiger partial charge in [0, 0.05) is 23.6 Å². The van der Waals surface area contributed by atoms with Gasteiger partial charge in [0.1, 0.15) is 22.1 Å². The molecule has 182 valence electrons. The number of fused-ring (bicyclic) bond motifs is 1. The molecule has 14 nitrogen and oxygen atoms in total. The number of carbonyl (C=O) groups excluding carboxylic acids is 2. The van der Waals surface area contributed by atoms with Crippen LogP contribution in [0.3, 0.4) is 0 Å². The minimum absolute atomic E-state index is 0.163. The van der Waals surface area contributed by atoms with E-state index >= 15 is 0 Å². The smallest absolute Gasteiger partial charge is 0.352 e. The van der Waals surface area contributed by atoms with Crippen LogP contribution in [0.1, 0.15) is 15.4 Å². The van der Waals surface area contributed by atoms with Crippen molar-refractivity contribution >= 4 is 64.0 Å². The lowest BCUT2D eigenvalue weighted by Gasteiger charge is -2.49. The molecule has 1 aromatic carbocycles. The number of non-ortho nitro benzene ring substituents is 2. The Bertz CT molecular complexity index is 1280. The number of carbonyl (C=O) groups is 3. The summed E-state index contributed by atoms with van der Waals surface area (Å²) in [6, 6.07) is 1.35. The van der Waals surface area contributed by atoms with E-state index in [1.807, 2.05) is 0 Å². The van der Waals surface area contributed by atoms with E-state index in [2.05, 4.69) is 15.5 Å². The SMILES string of the molecule is Cc1nnc(SCC2=C(C(=O)O)N3C(=O)[C@H](NC(=O)c4cc([N+](=O)[O-])cc([N+](=O)[O-])c4)[C@@H]3SC2)s1. The number of nitro benzene ring substituents is 2.